The fourth-order valence-electron chi connectivity index (χ4n) is 4.49. The molecular weight excluding hydrogens is 602 g/mol. The summed E-state index contributed by atoms with van der Waals surface area (Å²) in [6, 6.07) is 17.0. The molecule has 1 aliphatic rings. The predicted octanol–water partition coefficient (Wildman–Crippen LogP) is 4.60. The van der Waals surface area contributed by atoms with Gasteiger partial charge in [0.15, 0.2) is 5.50 Å². The van der Waals surface area contributed by atoms with E-state index in [0.29, 0.717) is 12.1 Å². The predicted molar refractivity (Wildman–Crippen MR) is 184 cm³/mol. The molecule has 1 aliphatic heterocycles. The maximum Gasteiger partial charge on any atom is 0.408 e. The summed E-state index contributed by atoms with van der Waals surface area (Å²) in [6.45, 7) is 9.23. The molecule has 0 aliphatic carbocycles. The largest absolute Gasteiger partial charge is 0.444 e. The zero-order chi connectivity index (χ0) is 33.7. The van der Waals surface area contributed by atoms with Gasteiger partial charge in [-0.05, 0) is 89.1 Å². The molecule has 1 heterocycles. The van der Waals surface area contributed by atoms with Crippen molar-refractivity contribution in [2.75, 3.05) is 0 Å². The molecular formula is C34H47N7O4S. The third-order valence-corrected chi connectivity index (χ3v) is 7.78. The monoisotopic (exact) mass is 649 g/mol. The maximum atomic E-state index is 12.8. The molecule has 2 aromatic carbocycles. The van der Waals surface area contributed by atoms with Gasteiger partial charge in [0.25, 0.3) is 0 Å². The number of carbonyl (C=O) groups excluding carboxylic acids is 3. The Morgan fingerprint density at radius 3 is 2.35 bits per heavy atom. The van der Waals surface area contributed by atoms with E-state index in [9.17, 15) is 14.4 Å². The number of nitrogens with zero attached hydrogens (tertiary/aromatic N) is 1. The van der Waals surface area contributed by atoms with Crippen molar-refractivity contribution in [3.05, 3.63) is 95.0 Å². The van der Waals surface area contributed by atoms with E-state index in [0.717, 1.165) is 41.0 Å². The van der Waals surface area contributed by atoms with E-state index in [4.69, 9.17) is 16.2 Å². The van der Waals surface area contributed by atoms with Gasteiger partial charge in [0.05, 0.1) is 23.4 Å². The molecule has 1 atom stereocenters. The van der Waals surface area contributed by atoms with Crippen molar-refractivity contribution in [1.29, 1.82) is 0 Å². The van der Waals surface area contributed by atoms with Crippen molar-refractivity contribution in [3.8, 4) is 0 Å². The zero-order valence-electron chi connectivity index (χ0n) is 27.3. The number of hydrogen-bond acceptors (Lipinski definition) is 9. The lowest BCUT2D eigenvalue weighted by Crippen LogP contribution is -2.43. The van der Waals surface area contributed by atoms with Crippen LogP contribution in [-0.2, 0) is 32.7 Å². The number of nitrogens with one attached hydrogen (secondary N) is 4. The summed E-state index contributed by atoms with van der Waals surface area (Å²) in [5, 5.41) is 13.8. The second kappa shape index (κ2) is 16.7. The molecule has 0 spiro atoms. The van der Waals surface area contributed by atoms with Gasteiger partial charge in [-0.25, -0.2) is 4.79 Å². The van der Waals surface area contributed by atoms with Gasteiger partial charge in [0, 0.05) is 5.70 Å². The molecule has 3 amide bonds. The average Bonchev–Trinajstić information content (AvgIpc) is 3.40. The topological polar surface area (TPSA) is 173 Å². The van der Waals surface area contributed by atoms with E-state index in [1.807, 2.05) is 89.2 Å². The fourth-order valence-corrected chi connectivity index (χ4v) is 5.43. The smallest absolute Gasteiger partial charge is 0.408 e. The Labute approximate surface area is 276 Å². The highest BCUT2D eigenvalue weighted by Crippen LogP contribution is 2.23. The summed E-state index contributed by atoms with van der Waals surface area (Å²) in [6.07, 6.45) is 6.40. The number of thioether (sulfide) groups is 1. The fraction of sp³-hybridized carbons (Fsp3) is 0.412. The third-order valence-electron chi connectivity index (χ3n) is 6.75. The molecule has 1 unspecified atom stereocenters. The SMILES string of the molecule is CC(C)(C)OC(=O)NC(C)(C)c1cccc(CC(=O)NC2NN=C(CCCC/C(N)=C/C=C(\N)NC(=O)Cc3ccccc3)S2)c1. The number of carbonyl (C=O) groups is 3. The number of allylic oxidation sites excluding steroid dienone is 3. The van der Waals surface area contributed by atoms with Crippen LogP contribution in [0.5, 0.6) is 0 Å². The van der Waals surface area contributed by atoms with Crippen molar-refractivity contribution < 1.29 is 19.1 Å². The van der Waals surface area contributed by atoms with Gasteiger partial charge < -0.3 is 32.2 Å². The first kappa shape index (κ1) is 36.0. The van der Waals surface area contributed by atoms with Crippen molar-refractivity contribution in [2.45, 2.75) is 89.8 Å². The van der Waals surface area contributed by atoms with E-state index in [2.05, 4.69) is 26.5 Å². The highest BCUT2D eigenvalue weighted by molar-refractivity contribution is 8.14. The summed E-state index contributed by atoms with van der Waals surface area (Å²) in [7, 11) is 0. The van der Waals surface area contributed by atoms with E-state index < -0.39 is 17.2 Å². The number of alkyl carbamates (subject to hydrolysis) is 1. The van der Waals surface area contributed by atoms with Gasteiger partial charge in [-0.15, -0.1) is 0 Å². The van der Waals surface area contributed by atoms with E-state index in [1.54, 1.807) is 12.2 Å². The average molecular weight is 650 g/mol. The van der Waals surface area contributed by atoms with Crippen LogP contribution in [0.4, 0.5) is 4.79 Å². The molecule has 12 heteroatoms. The van der Waals surface area contributed by atoms with Crippen molar-refractivity contribution >= 4 is 34.7 Å². The summed E-state index contributed by atoms with van der Waals surface area (Å²) in [5.74, 6) is -0.0858. The van der Waals surface area contributed by atoms with Crippen LogP contribution in [0.25, 0.3) is 0 Å². The summed E-state index contributed by atoms with van der Waals surface area (Å²) in [5.41, 5.74) is 16.7. The molecule has 8 N–H and O–H groups in total. The Morgan fingerprint density at radius 1 is 0.935 bits per heavy atom. The molecule has 2 aromatic rings. The van der Waals surface area contributed by atoms with Crippen LogP contribution >= 0.6 is 11.8 Å². The third kappa shape index (κ3) is 13.3. The highest BCUT2D eigenvalue weighted by atomic mass is 32.2. The van der Waals surface area contributed by atoms with Crippen molar-refractivity contribution in [3.63, 3.8) is 0 Å². The summed E-state index contributed by atoms with van der Waals surface area (Å²) < 4.78 is 5.40. The van der Waals surface area contributed by atoms with Crippen LogP contribution in [0.15, 0.2) is 83.4 Å². The molecule has 11 nitrogen and oxygen atoms in total. The van der Waals surface area contributed by atoms with Gasteiger partial charge >= 0.3 is 6.09 Å². The molecule has 0 saturated heterocycles. The van der Waals surface area contributed by atoms with Gasteiger partial charge in [0.2, 0.25) is 11.8 Å². The van der Waals surface area contributed by atoms with Crippen LogP contribution in [0.2, 0.25) is 0 Å². The van der Waals surface area contributed by atoms with Crippen LogP contribution in [0.3, 0.4) is 0 Å². The normalized spacial score (nSPS) is 15.4. The van der Waals surface area contributed by atoms with E-state index in [-0.39, 0.29) is 36.0 Å². The number of hydrogen-bond donors (Lipinski definition) is 6. The molecule has 0 radical (unpaired) electrons. The van der Waals surface area contributed by atoms with Crippen molar-refractivity contribution in [1.82, 2.24) is 21.4 Å². The Morgan fingerprint density at radius 2 is 1.63 bits per heavy atom. The quantitative estimate of drug-likeness (QED) is 0.127. The minimum atomic E-state index is -0.689. The number of amides is 3. The van der Waals surface area contributed by atoms with Crippen LogP contribution in [0.1, 0.15) is 77.0 Å². The number of nitrogens with two attached hydrogens (primary N) is 2. The van der Waals surface area contributed by atoms with Crippen LogP contribution in [0, 0.1) is 0 Å². The lowest BCUT2D eigenvalue weighted by Gasteiger charge is -2.29. The van der Waals surface area contributed by atoms with Crippen LogP contribution < -0.4 is 32.8 Å². The number of unbranched alkanes of at least 4 members (excludes halogenated alkanes) is 1. The second-order valence-electron chi connectivity index (χ2n) is 12.6. The zero-order valence-corrected chi connectivity index (χ0v) is 28.1. The van der Waals surface area contributed by atoms with Gasteiger partial charge in [-0.2, -0.15) is 5.10 Å². The van der Waals surface area contributed by atoms with Crippen LogP contribution in [-0.4, -0.2) is 34.1 Å². The Balaban J connectivity index is 1.35. The minimum Gasteiger partial charge on any atom is -0.444 e. The summed E-state index contributed by atoms with van der Waals surface area (Å²) in [4.78, 5) is 37.3. The van der Waals surface area contributed by atoms with E-state index in [1.165, 1.54) is 11.8 Å². The number of benzene rings is 2. The molecule has 0 aromatic heterocycles. The van der Waals surface area contributed by atoms with E-state index >= 15 is 0 Å². The summed E-state index contributed by atoms with van der Waals surface area (Å²) >= 11 is 1.48. The first-order chi connectivity index (χ1) is 21.7. The Kier molecular flexibility index (Phi) is 13.1. The van der Waals surface area contributed by atoms with Gasteiger partial charge in [0.1, 0.15) is 11.4 Å². The molecule has 3 rings (SSSR count). The second-order valence-corrected chi connectivity index (χ2v) is 13.8. The number of ether oxygens (including phenoxy) is 1. The van der Waals surface area contributed by atoms with Gasteiger partial charge in [-0.3, -0.25) is 15.0 Å². The lowest BCUT2D eigenvalue weighted by atomic mass is 9.92. The molecule has 0 fully saturated rings. The molecule has 0 bridgehead atoms. The number of rotatable bonds is 14. The first-order valence-electron chi connectivity index (χ1n) is 15.3. The molecule has 0 saturated carbocycles. The maximum absolute atomic E-state index is 12.8. The molecule has 46 heavy (non-hydrogen) atoms. The first-order valence-corrected chi connectivity index (χ1v) is 16.2. The number of hydrazone groups is 1. The Bertz CT molecular complexity index is 1450. The lowest BCUT2D eigenvalue weighted by molar-refractivity contribution is -0.121. The van der Waals surface area contributed by atoms with Crippen molar-refractivity contribution in [2.24, 2.45) is 16.6 Å². The van der Waals surface area contributed by atoms with Gasteiger partial charge in [-0.1, -0.05) is 66.4 Å². The Hall–Kier alpha value is -4.45. The highest BCUT2D eigenvalue weighted by Gasteiger charge is 2.27. The standard InChI is InChI=1S/C34H47N7O4S/c1-33(2,3)45-32(44)39-34(4,5)25-15-11-14-24(20-25)22-29(43)38-31-41-40-30(46-31)17-10-9-16-26(35)18-19-27(36)37-28(42)21-23-12-7-6-8-13-23/h6-8,11-15,18-20,31,41H,9-10,16-17,21-22,35-36H2,1-5H3,(H,37,42)(H,38,43)(H,39,44)/b26-18-,27-19+. The molecule has 248 valence electrons. The minimum absolute atomic E-state index is 0.141.